The van der Waals surface area contributed by atoms with Gasteiger partial charge in [-0.1, -0.05) is 154 Å². The van der Waals surface area contributed by atoms with Crippen molar-refractivity contribution in [2.24, 2.45) is 5.92 Å². The average molecular weight is 611 g/mol. The normalized spacial score (nSPS) is 16.6. The van der Waals surface area contributed by atoms with Crippen molar-refractivity contribution in [1.82, 2.24) is 0 Å². The number of aliphatic hydroxyl groups excluding tert-OH is 1. The van der Waals surface area contributed by atoms with Crippen molar-refractivity contribution >= 4 is 11.9 Å². The van der Waals surface area contributed by atoms with Crippen LogP contribution in [0.25, 0.3) is 0 Å². The number of aliphatic carboxylic acids is 1. The zero-order chi connectivity index (χ0) is 31.1. The van der Waals surface area contributed by atoms with Gasteiger partial charge in [-0.25, -0.2) is 0 Å². The molecule has 0 spiro atoms. The molecule has 0 aromatic carbocycles. The third kappa shape index (κ3) is 26.9. The molecule has 0 radical (unpaired) electrons. The number of carboxylic acid groups (broad SMARTS) is 1. The van der Waals surface area contributed by atoms with E-state index in [9.17, 15) is 9.59 Å². The summed E-state index contributed by atoms with van der Waals surface area (Å²) in [4.78, 5) is 21.7. The van der Waals surface area contributed by atoms with Gasteiger partial charge in [-0.3, -0.25) is 9.59 Å². The number of carboxylic acids is 1. The maximum absolute atomic E-state index is 11.2. The molecule has 6 nitrogen and oxygen atoms in total. The number of hydrogen-bond donors (Lipinski definition) is 2. The minimum Gasteiger partial charge on any atom is -0.481 e. The zero-order valence-electron chi connectivity index (χ0n) is 28.0. The number of hydrogen-bond acceptors (Lipinski definition) is 5. The zero-order valence-corrected chi connectivity index (χ0v) is 28.0. The Morgan fingerprint density at radius 1 is 0.535 bits per heavy atom. The minimum atomic E-state index is -0.659. The van der Waals surface area contributed by atoms with Crippen molar-refractivity contribution in [3.05, 3.63) is 0 Å². The summed E-state index contributed by atoms with van der Waals surface area (Å²) in [6, 6.07) is 0. The van der Waals surface area contributed by atoms with Gasteiger partial charge in [-0.15, -0.1) is 0 Å². The van der Waals surface area contributed by atoms with Crippen LogP contribution in [-0.2, 0) is 19.1 Å². The lowest BCUT2D eigenvalue weighted by atomic mass is 9.91. The monoisotopic (exact) mass is 611 g/mol. The van der Waals surface area contributed by atoms with E-state index in [0.717, 1.165) is 38.2 Å². The summed E-state index contributed by atoms with van der Waals surface area (Å²) in [7, 11) is 0. The van der Waals surface area contributed by atoms with Crippen LogP contribution in [0.2, 0.25) is 0 Å². The molecule has 254 valence electrons. The highest BCUT2D eigenvalue weighted by Crippen LogP contribution is 2.30. The van der Waals surface area contributed by atoms with E-state index < -0.39 is 12.8 Å². The second-order valence-electron chi connectivity index (χ2n) is 13.3. The van der Waals surface area contributed by atoms with E-state index in [1.807, 2.05) is 0 Å². The van der Waals surface area contributed by atoms with Gasteiger partial charge in [0.25, 0.3) is 0 Å². The van der Waals surface area contributed by atoms with E-state index in [1.165, 1.54) is 161 Å². The van der Waals surface area contributed by atoms with Crippen LogP contribution in [0.1, 0.15) is 199 Å². The average Bonchev–Trinajstić information content (AvgIpc) is 3.44. The van der Waals surface area contributed by atoms with Gasteiger partial charge in [-0.05, 0) is 38.0 Å². The Hall–Kier alpha value is -1.14. The van der Waals surface area contributed by atoms with Crippen LogP contribution < -0.4 is 0 Å². The van der Waals surface area contributed by atoms with Gasteiger partial charge in [-0.2, -0.15) is 0 Å². The van der Waals surface area contributed by atoms with Crippen LogP contribution in [-0.4, -0.2) is 41.7 Å². The van der Waals surface area contributed by atoms with Gasteiger partial charge in [0.1, 0.15) is 0 Å². The summed E-state index contributed by atoms with van der Waals surface area (Å²) in [5.41, 5.74) is 0. The maximum Gasteiger partial charge on any atom is 0.307 e. The van der Waals surface area contributed by atoms with E-state index in [-0.39, 0.29) is 5.97 Å². The van der Waals surface area contributed by atoms with Gasteiger partial charge in [0.2, 0.25) is 0 Å². The van der Waals surface area contributed by atoms with Gasteiger partial charge < -0.3 is 19.7 Å². The lowest BCUT2D eigenvalue weighted by Crippen LogP contribution is -2.15. The highest BCUT2D eigenvalue weighted by atomic mass is 16.6. The molecular formula is C37H70O6. The van der Waals surface area contributed by atoms with Crippen LogP contribution in [0.4, 0.5) is 0 Å². The first-order valence-corrected chi connectivity index (χ1v) is 18.7. The van der Waals surface area contributed by atoms with Gasteiger partial charge >= 0.3 is 11.9 Å². The standard InChI is InChI=1S/C37H70O6/c38-33-43-37(41)30-26-22-18-14-10-6-2-4-8-12-16-20-24-28-35-34(31-32-42-35)27-23-19-15-11-7-3-1-5-9-13-17-21-25-29-36(39)40/h34-35,38H,1-33H2,(H,39,40). The molecule has 0 aromatic heterocycles. The lowest BCUT2D eigenvalue weighted by molar-refractivity contribution is -0.151. The Kier molecular flexibility index (Phi) is 28.6. The summed E-state index contributed by atoms with van der Waals surface area (Å²) in [6.07, 6.45) is 38.6. The number of carbonyl (C=O) groups excluding carboxylic acids is 1. The van der Waals surface area contributed by atoms with E-state index >= 15 is 0 Å². The van der Waals surface area contributed by atoms with Gasteiger partial charge in [0.05, 0.1) is 6.10 Å². The summed E-state index contributed by atoms with van der Waals surface area (Å²) >= 11 is 0. The summed E-state index contributed by atoms with van der Waals surface area (Å²) in [5.74, 6) is -0.134. The van der Waals surface area contributed by atoms with Crippen molar-refractivity contribution in [1.29, 1.82) is 0 Å². The molecule has 6 heteroatoms. The van der Waals surface area contributed by atoms with Crippen molar-refractivity contribution in [2.75, 3.05) is 13.4 Å². The molecule has 1 heterocycles. The summed E-state index contributed by atoms with van der Waals surface area (Å²) < 4.78 is 10.7. The van der Waals surface area contributed by atoms with Crippen molar-refractivity contribution in [3.63, 3.8) is 0 Å². The van der Waals surface area contributed by atoms with Gasteiger partial charge in [0.15, 0.2) is 6.79 Å². The van der Waals surface area contributed by atoms with E-state index in [2.05, 4.69) is 4.74 Å². The van der Waals surface area contributed by atoms with Crippen LogP contribution >= 0.6 is 0 Å². The molecule has 2 N–H and O–H groups in total. The molecule has 1 aliphatic heterocycles. The van der Waals surface area contributed by atoms with E-state index in [0.29, 0.717) is 18.9 Å². The Bertz CT molecular complexity index is 624. The third-order valence-corrected chi connectivity index (χ3v) is 9.41. The third-order valence-electron chi connectivity index (χ3n) is 9.41. The molecular weight excluding hydrogens is 540 g/mol. The fraction of sp³-hybridized carbons (Fsp3) is 0.946. The first kappa shape index (κ1) is 39.9. The fourth-order valence-corrected chi connectivity index (χ4v) is 6.67. The first-order valence-electron chi connectivity index (χ1n) is 18.7. The molecule has 43 heavy (non-hydrogen) atoms. The number of carbonyl (C=O) groups is 2. The number of ether oxygens (including phenoxy) is 2. The Morgan fingerprint density at radius 3 is 1.33 bits per heavy atom. The first-order chi connectivity index (χ1) is 21.1. The Labute approximate surface area is 265 Å². The second kappa shape index (κ2) is 30.9. The van der Waals surface area contributed by atoms with Crippen molar-refractivity contribution in [2.45, 2.75) is 205 Å². The molecule has 0 bridgehead atoms. The fourth-order valence-electron chi connectivity index (χ4n) is 6.67. The number of esters is 1. The molecule has 0 aromatic rings. The summed E-state index contributed by atoms with van der Waals surface area (Å²) in [6.45, 7) is 0.484. The van der Waals surface area contributed by atoms with Crippen molar-refractivity contribution in [3.8, 4) is 0 Å². The molecule has 0 saturated carbocycles. The van der Waals surface area contributed by atoms with Crippen LogP contribution in [0.15, 0.2) is 0 Å². The van der Waals surface area contributed by atoms with Crippen molar-refractivity contribution < 1.29 is 29.3 Å². The predicted molar refractivity (Wildman–Crippen MR) is 177 cm³/mol. The summed E-state index contributed by atoms with van der Waals surface area (Å²) in [5, 5.41) is 17.2. The van der Waals surface area contributed by atoms with Crippen LogP contribution in [0.3, 0.4) is 0 Å². The molecule has 2 unspecified atom stereocenters. The SMILES string of the molecule is O=C(O)CCCCCCCCCCCCCCCC1CCOC1CCCCCCCCCCCCCCCC(=O)OCO. The number of aliphatic hydroxyl groups is 1. The molecule has 1 aliphatic rings. The highest BCUT2D eigenvalue weighted by molar-refractivity contribution is 5.69. The quantitative estimate of drug-likeness (QED) is 0.0436. The van der Waals surface area contributed by atoms with Crippen LogP contribution in [0, 0.1) is 5.92 Å². The molecule has 0 aliphatic carbocycles. The molecule has 1 rings (SSSR count). The Balaban J connectivity index is 1.80. The second-order valence-corrected chi connectivity index (χ2v) is 13.3. The van der Waals surface area contributed by atoms with E-state index in [4.69, 9.17) is 14.9 Å². The molecule has 1 saturated heterocycles. The molecule has 1 fully saturated rings. The lowest BCUT2D eigenvalue weighted by Gasteiger charge is -2.18. The smallest absolute Gasteiger partial charge is 0.307 e. The molecule has 0 amide bonds. The largest absolute Gasteiger partial charge is 0.481 e. The predicted octanol–water partition coefficient (Wildman–Crippen LogP) is 10.7. The van der Waals surface area contributed by atoms with E-state index in [1.54, 1.807) is 0 Å². The Morgan fingerprint density at radius 2 is 0.907 bits per heavy atom. The molecule has 2 atom stereocenters. The highest BCUT2D eigenvalue weighted by Gasteiger charge is 2.26. The minimum absolute atomic E-state index is 0.286. The van der Waals surface area contributed by atoms with Crippen LogP contribution in [0.5, 0.6) is 0 Å². The van der Waals surface area contributed by atoms with Gasteiger partial charge in [0, 0.05) is 19.4 Å². The maximum atomic E-state index is 11.2. The number of rotatable bonds is 33. The number of unbranched alkanes of at least 4 members (excludes halogenated alkanes) is 24. The topological polar surface area (TPSA) is 93.1 Å².